The summed E-state index contributed by atoms with van der Waals surface area (Å²) in [4.78, 5) is 57.2. The highest BCUT2D eigenvalue weighted by atomic mass is 35.5. The van der Waals surface area contributed by atoms with Crippen LogP contribution in [0.15, 0.2) is 36.4 Å². The lowest BCUT2D eigenvalue weighted by atomic mass is 10.0. The number of nitro benzene ring substituents is 1. The van der Waals surface area contributed by atoms with Crippen LogP contribution in [0.1, 0.15) is 42.4 Å². The van der Waals surface area contributed by atoms with Gasteiger partial charge in [-0.3, -0.25) is 14.9 Å². The summed E-state index contributed by atoms with van der Waals surface area (Å²) in [6, 6.07) is 8.69. The minimum Gasteiger partial charge on any atom is -0.448 e. The third-order valence-corrected chi connectivity index (χ3v) is 8.59. The SMILES string of the molecule is CCOC(=O)n1nc(NC(=O)c2ccc(N3CCN(C)CC3)cc2[N+](=O)[O-])c2c1C(C)(C)N(C(=O)Nc1c(Cl)cccc1Cl)C2. The van der Waals surface area contributed by atoms with Crippen molar-refractivity contribution in [3.05, 3.63) is 73.4 Å². The molecule has 0 spiro atoms. The maximum absolute atomic E-state index is 13.5. The third kappa shape index (κ3) is 6.13. The Morgan fingerprint density at radius 3 is 2.36 bits per heavy atom. The largest absolute Gasteiger partial charge is 0.448 e. The predicted molar refractivity (Wildman–Crippen MR) is 169 cm³/mol. The van der Waals surface area contributed by atoms with Gasteiger partial charge in [0.05, 0.1) is 45.0 Å². The number of piperazine rings is 1. The number of nitro groups is 1. The van der Waals surface area contributed by atoms with Crippen molar-refractivity contribution >= 4 is 64.1 Å². The Morgan fingerprint density at radius 1 is 1.07 bits per heavy atom. The van der Waals surface area contributed by atoms with Crippen LogP contribution in [0, 0.1) is 10.1 Å². The number of nitrogens with one attached hydrogen (secondary N) is 2. The smallest absolute Gasteiger partial charge is 0.435 e. The molecule has 0 aliphatic carbocycles. The van der Waals surface area contributed by atoms with Crippen molar-refractivity contribution in [2.75, 3.05) is 55.4 Å². The van der Waals surface area contributed by atoms with Crippen LogP contribution in [-0.2, 0) is 16.8 Å². The van der Waals surface area contributed by atoms with Crippen LogP contribution < -0.4 is 15.5 Å². The Morgan fingerprint density at radius 2 is 1.73 bits per heavy atom. The van der Waals surface area contributed by atoms with Gasteiger partial charge < -0.3 is 30.1 Å². The van der Waals surface area contributed by atoms with Gasteiger partial charge in [0.15, 0.2) is 5.82 Å². The van der Waals surface area contributed by atoms with Crippen LogP contribution in [0.3, 0.4) is 0 Å². The van der Waals surface area contributed by atoms with E-state index in [1.54, 1.807) is 45.0 Å². The van der Waals surface area contributed by atoms with Gasteiger partial charge in [0, 0.05) is 43.5 Å². The molecule has 16 heteroatoms. The number of anilines is 3. The van der Waals surface area contributed by atoms with Gasteiger partial charge in [-0.1, -0.05) is 29.3 Å². The summed E-state index contributed by atoms with van der Waals surface area (Å²) in [5.41, 5.74) is -0.172. The van der Waals surface area contributed by atoms with Crippen molar-refractivity contribution in [2.45, 2.75) is 32.9 Å². The highest BCUT2D eigenvalue weighted by molar-refractivity contribution is 6.39. The van der Waals surface area contributed by atoms with Crippen LogP contribution in [0.2, 0.25) is 10.0 Å². The summed E-state index contributed by atoms with van der Waals surface area (Å²) in [6.45, 7) is 8.02. The first-order valence-electron chi connectivity index (χ1n) is 14.2. The fourth-order valence-corrected chi connectivity index (χ4v) is 6.04. The standard InChI is InChI=1S/C29H32Cl2N8O6/c1-5-45-28(42)38-24-19(16-37(29(24,2)3)27(41)32-23-20(30)7-6-8-21(23)31)25(34-38)33-26(40)18-10-9-17(15-22(18)39(43)44)36-13-11-35(4)12-14-36/h6-10,15H,5,11-14,16H2,1-4H3,(H,32,41)(H,33,34,40). The molecule has 2 aromatic carbocycles. The molecule has 14 nitrogen and oxygen atoms in total. The zero-order valence-electron chi connectivity index (χ0n) is 25.1. The van der Waals surface area contributed by atoms with Crippen molar-refractivity contribution in [2.24, 2.45) is 0 Å². The summed E-state index contributed by atoms with van der Waals surface area (Å²) >= 11 is 12.5. The molecular weight excluding hydrogens is 627 g/mol. The molecule has 0 radical (unpaired) electrons. The predicted octanol–water partition coefficient (Wildman–Crippen LogP) is 5.39. The monoisotopic (exact) mass is 658 g/mol. The van der Waals surface area contributed by atoms with E-state index in [-0.39, 0.29) is 46.0 Å². The third-order valence-electron chi connectivity index (χ3n) is 7.96. The summed E-state index contributed by atoms with van der Waals surface area (Å²) in [5.74, 6) is -0.842. The molecule has 2 aliphatic heterocycles. The van der Waals surface area contributed by atoms with Gasteiger partial charge in [-0.25, -0.2) is 9.59 Å². The number of benzene rings is 2. The number of para-hydroxylation sites is 1. The Kier molecular flexibility index (Phi) is 8.92. The Bertz CT molecular complexity index is 1660. The number of fused-ring (bicyclic) bond motifs is 1. The molecule has 2 N–H and O–H groups in total. The molecule has 1 saturated heterocycles. The number of carbonyl (C=O) groups is 3. The number of urea groups is 1. The number of aromatic nitrogens is 2. The molecule has 0 unspecified atom stereocenters. The molecule has 1 aromatic heterocycles. The van der Waals surface area contributed by atoms with E-state index >= 15 is 0 Å². The van der Waals surface area contributed by atoms with Crippen molar-refractivity contribution in [1.82, 2.24) is 19.6 Å². The number of hydrogen-bond donors (Lipinski definition) is 2. The summed E-state index contributed by atoms with van der Waals surface area (Å²) in [5, 5.41) is 22.2. The molecule has 3 amide bonds. The van der Waals surface area contributed by atoms with Gasteiger partial charge >= 0.3 is 12.1 Å². The number of carbonyl (C=O) groups excluding carboxylic acids is 3. The minimum absolute atomic E-state index is 0.0420. The lowest BCUT2D eigenvalue weighted by Gasteiger charge is -2.34. The number of nitrogens with zero attached hydrogens (tertiary/aromatic N) is 6. The van der Waals surface area contributed by atoms with Gasteiger partial charge in [-0.15, -0.1) is 5.10 Å². The second-order valence-corrected chi connectivity index (χ2v) is 12.0. The fraction of sp³-hybridized carbons (Fsp3) is 0.379. The lowest BCUT2D eigenvalue weighted by molar-refractivity contribution is -0.385. The van der Waals surface area contributed by atoms with Crippen molar-refractivity contribution < 1.29 is 24.0 Å². The molecule has 2 aliphatic rings. The van der Waals surface area contributed by atoms with E-state index in [2.05, 4.69) is 20.6 Å². The first-order valence-corrected chi connectivity index (χ1v) is 14.9. The van der Waals surface area contributed by atoms with E-state index in [0.29, 0.717) is 30.0 Å². The van der Waals surface area contributed by atoms with Crippen LogP contribution in [0.4, 0.5) is 32.5 Å². The zero-order valence-corrected chi connectivity index (χ0v) is 26.6. The second-order valence-electron chi connectivity index (χ2n) is 11.2. The number of ether oxygens (including phenoxy) is 1. The Balaban J connectivity index is 1.47. The normalized spacial score (nSPS) is 15.9. The van der Waals surface area contributed by atoms with Crippen LogP contribution in [-0.4, -0.2) is 82.4 Å². The average molecular weight is 660 g/mol. The van der Waals surface area contributed by atoms with Crippen LogP contribution in [0.25, 0.3) is 0 Å². The van der Waals surface area contributed by atoms with E-state index in [1.807, 2.05) is 11.9 Å². The van der Waals surface area contributed by atoms with Gasteiger partial charge in [-0.05, 0) is 52.1 Å². The van der Waals surface area contributed by atoms with E-state index in [0.717, 1.165) is 17.8 Å². The van der Waals surface area contributed by atoms with Gasteiger partial charge in [-0.2, -0.15) is 4.68 Å². The molecule has 1 fully saturated rings. The summed E-state index contributed by atoms with van der Waals surface area (Å²) in [7, 11) is 2.01. The summed E-state index contributed by atoms with van der Waals surface area (Å²) < 4.78 is 6.19. The van der Waals surface area contributed by atoms with E-state index in [9.17, 15) is 24.5 Å². The molecule has 238 valence electrons. The number of amides is 3. The van der Waals surface area contributed by atoms with E-state index in [1.165, 1.54) is 17.0 Å². The molecular formula is C29H32Cl2N8O6. The molecule has 45 heavy (non-hydrogen) atoms. The number of hydrogen-bond acceptors (Lipinski definition) is 9. The molecule has 0 atom stereocenters. The molecule has 3 aromatic rings. The van der Waals surface area contributed by atoms with Crippen molar-refractivity contribution in [3.8, 4) is 0 Å². The molecule has 0 bridgehead atoms. The number of halogens is 2. The minimum atomic E-state index is -1.13. The first kappa shape index (κ1) is 32.0. The highest BCUT2D eigenvalue weighted by Crippen LogP contribution is 2.43. The van der Waals surface area contributed by atoms with Gasteiger partial charge in [0.1, 0.15) is 5.56 Å². The quantitative estimate of drug-likeness (QED) is 0.262. The second kappa shape index (κ2) is 12.5. The maximum Gasteiger partial charge on any atom is 0.435 e. The highest BCUT2D eigenvalue weighted by Gasteiger charge is 2.47. The zero-order chi connectivity index (χ0) is 32.6. The molecule has 0 saturated carbocycles. The topological polar surface area (TPSA) is 155 Å². The Hall–Kier alpha value is -4.40. The Labute approximate surface area is 268 Å². The number of likely N-dealkylation sites (N-methyl/N-ethyl adjacent to an activating group) is 1. The van der Waals surface area contributed by atoms with E-state index in [4.69, 9.17) is 27.9 Å². The van der Waals surface area contributed by atoms with E-state index < -0.39 is 28.5 Å². The summed E-state index contributed by atoms with van der Waals surface area (Å²) in [6.07, 6.45) is -0.818. The molecule has 3 heterocycles. The van der Waals surface area contributed by atoms with Gasteiger partial charge in [0.25, 0.3) is 11.6 Å². The average Bonchev–Trinajstić information content (AvgIpc) is 3.49. The maximum atomic E-state index is 13.5. The van der Waals surface area contributed by atoms with Crippen LogP contribution in [0.5, 0.6) is 0 Å². The fourth-order valence-electron chi connectivity index (χ4n) is 5.55. The molecule has 5 rings (SSSR count). The number of rotatable bonds is 6. The first-order chi connectivity index (χ1) is 21.3. The van der Waals surface area contributed by atoms with Crippen molar-refractivity contribution in [1.29, 1.82) is 0 Å². The lowest BCUT2D eigenvalue weighted by Crippen LogP contribution is -2.44. The van der Waals surface area contributed by atoms with Crippen molar-refractivity contribution in [3.63, 3.8) is 0 Å². The van der Waals surface area contributed by atoms with Gasteiger partial charge in [0.2, 0.25) is 0 Å². The van der Waals surface area contributed by atoms with Crippen LogP contribution >= 0.6 is 23.2 Å².